The zero-order valence-corrected chi connectivity index (χ0v) is 21.3. The van der Waals surface area contributed by atoms with Crippen LogP contribution >= 0.6 is 46.4 Å². The average molecular weight is 547 g/mol. The van der Waals surface area contributed by atoms with Gasteiger partial charge in [0.05, 0.1) is 38.3 Å². The number of rotatable bonds is 8. The summed E-state index contributed by atoms with van der Waals surface area (Å²) in [6, 6.07) is 5.02. The Hall–Kier alpha value is -2.32. The van der Waals surface area contributed by atoms with Crippen molar-refractivity contribution in [1.82, 2.24) is 4.90 Å². The Morgan fingerprint density at radius 2 is 1.50 bits per heavy atom. The second kappa shape index (κ2) is 10.5. The summed E-state index contributed by atoms with van der Waals surface area (Å²) in [7, 11) is 1.46. The Labute approximate surface area is 215 Å². The lowest BCUT2D eigenvalue weighted by molar-refractivity contribution is -0.147. The molecule has 0 N–H and O–H groups in total. The van der Waals surface area contributed by atoms with Crippen LogP contribution in [0.5, 0.6) is 5.75 Å². The standard InChI is InChI=1S/C23H19Cl4NO6/c1-10(2)7-13(23(32)34-9-14(29)11-5-4-6-12(8-11)33-3)28-21(30)15-16(22(28)31)18(25)20(27)19(26)17(15)24/h4-6,8,10,13H,7,9H2,1-3H3. The molecule has 0 radical (unpaired) electrons. The third kappa shape index (κ3) is 4.89. The molecule has 34 heavy (non-hydrogen) atoms. The zero-order chi connectivity index (χ0) is 25.3. The van der Waals surface area contributed by atoms with Gasteiger partial charge in [0, 0.05) is 5.56 Å². The maximum absolute atomic E-state index is 13.2. The number of halogens is 4. The highest BCUT2D eigenvalue weighted by atomic mass is 35.5. The van der Waals surface area contributed by atoms with E-state index in [9.17, 15) is 19.2 Å². The van der Waals surface area contributed by atoms with Crippen LogP contribution in [0.2, 0.25) is 20.1 Å². The number of imide groups is 1. The SMILES string of the molecule is COc1cccc(C(=O)COC(=O)C(CC(C)C)N2C(=O)c3c(Cl)c(Cl)c(Cl)c(Cl)c3C2=O)c1. The monoisotopic (exact) mass is 545 g/mol. The Kier molecular flexibility index (Phi) is 8.14. The molecule has 0 bridgehead atoms. The number of nitrogens with zero attached hydrogens (tertiary/aromatic N) is 1. The van der Waals surface area contributed by atoms with E-state index in [0.29, 0.717) is 5.75 Å². The first kappa shape index (κ1) is 26.3. The second-order valence-corrected chi connectivity index (χ2v) is 9.41. The van der Waals surface area contributed by atoms with Crippen molar-refractivity contribution in [3.05, 3.63) is 61.0 Å². The largest absolute Gasteiger partial charge is 0.497 e. The molecule has 0 saturated heterocycles. The Bertz CT molecular complexity index is 1150. The number of amides is 2. The molecule has 11 heteroatoms. The maximum atomic E-state index is 13.2. The normalized spacial score (nSPS) is 13.8. The number of Topliss-reactive ketones (excluding diaryl/α,β-unsaturated/α-hetero) is 1. The van der Waals surface area contributed by atoms with E-state index in [1.54, 1.807) is 32.0 Å². The minimum Gasteiger partial charge on any atom is -0.497 e. The Morgan fingerprint density at radius 1 is 0.941 bits per heavy atom. The van der Waals surface area contributed by atoms with Crippen LogP contribution in [0.4, 0.5) is 0 Å². The van der Waals surface area contributed by atoms with Crippen molar-refractivity contribution in [2.75, 3.05) is 13.7 Å². The van der Waals surface area contributed by atoms with E-state index in [1.807, 2.05) is 0 Å². The van der Waals surface area contributed by atoms with E-state index in [1.165, 1.54) is 13.2 Å². The van der Waals surface area contributed by atoms with Crippen LogP contribution in [0.25, 0.3) is 0 Å². The molecule has 1 heterocycles. The van der Waals surface area contributed by atoms with Gasteiger partial charge in [-0.05, 0) is 24.5 Å². The molecule has 1 aliphatic heterocycles. The summed E-state index contributed by atoms with van der Waals surface area (Å²) in [6.45, 7) is 3.00. The number of hydrogen-bond acceptors (Lipinski definition) is 6. The van der Waals surface area contributed by atoms with Crippen molar-refractivity contribution >= 4 is 70.0 Å². The highest BCUT2D eigenvalue weighted by molar-refractivity contribution is 6.55. The van der Waals surface area contributed by atoms with Crippen molar-refractivity contribution < 1.29 is 28.7 Å². The summed E-state index contributed by atoms with van der Waals surface area (Å²) in [5.41, 5.74) is -0.198. The van der Waals surface area contributed by atoms with Gasteiger partial charge >= 0.3 is 5.97 Å². The molecule has 0 fully saturated rings. The first-order chi connectivity index (χ1) is 16.0. The van der Waals surface area contributed by atoms with Crippen LogP contribution in [0.15, 0.2) is 24.3 Å². The number of carbonyl (C=O) groups is 4. The van der Waals surface area contributed by atoms with Gasteiger partial charge in [0.25, 0.3) is 11.8 Å². The van der Waals surface area contributed by atoms with Crippen LogP contribution in [-0.4, -0.2) is 48.2 Å². The molecule has 2 amide bonds. The van der Waals surface area contributed by atoms with E-state index in [0.717, 1.165) is 4.90 Å². The zero-order valence-electron chi connectivity index (χ0n) is 18.3. The average Bonchev–Trinajstić information content (AvgIpc) is 3.07. The fourth-order valence-corrected chi connectivity index (χ4v) is 4.53. The number of ketones is 1. The number of carbonyl (C=O) groups excluding carboxylic acids is 4. The number of benzene rings is 2. The molecule has 0 spiro atoms. The minimum absolute atomic E-state index is 0.0777. The van der Waals surface area contributed by atoms with Gasteiger partial charge in [-0.3, -0.25) is 19.3 Å². The molecule has 2 aromatic carbocycles. The fraction of sp³-hybridized carbons (Fsp3) is 0.304. The summed E-state index contributed by atoms with van der Waals surface area (Å²) in [4.78, 5) is 52.6. The molecule has 1 aliphatic rings. The van der Waals surface area contributed by atoms with Crippen LogP contribution < -0.4 is 4.74 Å². The van der Waals surface area contributed by atoms with Gasteiger partial charge in [0.15, 0.2) is 12.4 Å². The van der Waals surface area contributed by atoms with Crippen molar-refractivity contribution in [2.24, 2.45) is 5.92 Å². The van der Waals surface area contributed by atoms with Gasteiger partial charge in [0.2, 0.25) is 0 Å². The van der Waals surface area contributed by atoms with Crippen LogP contribution in [0, 0.1) is 5.92 Å². The predicted molar refractivity (Wildman–Crippen MR) is 129 cm³/mol. The smallest absolute Gasteiger partial charge is 0.329 e. The molecule has 0 aromatic heterocycles. The highest BCUT2D eigenvalue weighted by Gasteiger charge is 2.47. The number of fused-ring (bicyclic) bond motifs is 1. The molecule has 7 nitrogen and oxygen atoms in total. The van der Waals surface area contributed by atoms with Gasteiger partial charge < -0.3 is 9.47 Å². The first-order valence-electron chi connectivity index (χ1n) is 10.1. The molecule has 180 valence electrons. The van der Waals surface area contributed by atoms with Gasteiger partial charge in [-0.25, -0.2) is 4.79 Å². The van der Waals surface area contributed by atoms with Crippen LogP contribution in [0.3, 0.4) is 0 Å². The highest BCUT2D eigenvalue weighted by Crippen LogP contribution is 2.45. The van der Waals surface area contributed by atoms with E-state index in [2.05, 4.69) is 0 Å². The molecular weight excluding hydrogens is 528 g/mol. The number of methoxy groups -OCH3 is 1. The maximum Gasteiger partial charge on any atom is 0.329 e. The molecule has 1 atom stereocenters. The summed E-state index contributed by atoms with van der Waals surface area (Å²) in [5, 5.41) is -0.836. The third-order valence-corrected chi connectivity index (χ3v) is 6.95. The number of ether oxygens (including phenoxy) is 2. The molecule has 1 unspecified atom stereocenters. The van der Waals surface area contributed by atoms with Crippen molar-refractivity contribution in [3.63, 3.8) is 0 Å². The van der Waals surface area contributed by atoms with E-state index in [-0.39, 0.29) is 49.1 Å². The Morgan fingerprint density at radius 3 is 2.00 bits per heavy atom. The first-order valence-corrected chi connectivity index (χ1v) is 11.6. The molecular formula is C23H19Cl4NO6. The van der Waals surface area contributed by atoms with Gasteiger partial charge in [-0.2, -0.15) is 0 Å². The van der Waals surface area contributed by atoms with Crippen LogP contribution in [0.1, 0.15) is 51.3 Å². The lowest BCUT2D eigenvalue weighted by atomic mass is 10.0. The van der Waals surface area contributed by atoms with Gasteiger partial charge in [-0.1, -0.05) is 72.4 Å². The van der Waals surface area contributed by atoms with E-state index < -0.39 is 36.2 Å². The fourth-order valence-electron chi connectivity index (χ4n) is 3.52. The van der Waals surface area contributed by atoms with Gasteiger partial charge in [0.1, 0.15) is 11.8 Å². The Balaban J connectivity index is 1.88. The summed E-state index contributed by atoms with van der Waals surface area (Å²) >= 11 is 24.5. The van der Waals surface area contributed by atoms with E-state index in [4.69, 9.17) is 55.9 Å². The topological polar surface area (TPSA) is 90.0 Å². The molecule has 0 aliphatic carbocycles. The lowest BCUT2D eigenvalue weighted by Gasteiger charge is -2.26. The molecule has 3 rings (SSSR count). The van der Waals surface area contributed by atoms with Crippen molar-refractivity contribution in [3.8, 4) is 5.75 Å². The second-order valence-electron chi connectivity index (χ2n) is 7.89. The number of esters is 1. The minimum atomic E-state index is -1.32. The lowest BCUT2D eigenvalue weighted by Crippen LogP contribution is -2.46. The summed E-state index contributed by atoms with van der Waals surface area (Å²) < 4.78 is 10.3. The quantitative estimate of drug-likeness (QED) is 0.138. The van der Waals surface area contributed by atoms with Crippen molar-refractivity contribution in [2.45, 2.75) is 26.3 Å². The summed E-state index contributed by atoms with van der Waals surface area (Å²) in [5.74, 6) is -2.77. The number of hydrogen-bond donors (Lipinski definition) is 0. The molecule has 0 saturated carbocycles. The molecule has 2 aromatic rings. The van der Waals surface area contributed by atoms with Crippen molar-refractivity contribution in [1.29, 1.82) is 0 Å². The van der Waals surface area contributed by atoms with Gasteiger partial charge in [-0.15, -0.1) is 0 Å². The summed E-state index contributed by atoms with van der Waals surface area (Å²) in [6.07, 6.45) is 0.0777. The third-order valence-electron chi connectivity index (χ3n) is 5.15. The van der Waals surface area contributed by atoms with Crippen LogP contribution in [-0.2, 0) is 9.53 Å². The van der Waals surface area contributed by atoms with E-state index >= 15 is 0 Å². The predicted octanol–water partition coefficient (Wildman–Crippen LogP) is 5.75.